The lowest BCUT2D eigenvalue weighted by molar-refractivity contribution is 0.930. The molecule has 1 heterocycles. The van der Waals surface area contributed by atoms with Gasteiger partial charge in [-0.3, -0.25) is 4.57 Å². The minimum atomic E-state index is 0.593. The molecule has 14 heavy (non-hydrogen) atoms. The first-order valence-corrected chi connectivity index (χ1v) is 5.03. The fourth-order valence-corrected chi connectivity index (χ4v) is 1.63. The van der Waals surface area contributed by atoms with Crippen molar-refractivity contribution in [3.8, 4) is 5.69 Å². The Labute approximate surface area is 88.2 Å². The van der Waals surface area contributed by atoms with Crippen molar-refractivity contribution in [3.05, 3.63) is 42.0 Å². The molecule has 0 saturated heterocycles. The molecule has 3 nitrogen and oxygen atoms in total. The van der Waals surface area contributed by atoms with Crippen molar-refractivity contribution in [2.45, 2.75) is 12.7 Å². The Morgan fingerprint density at radius 3 is 2.57 bits per heavy atom. The lowest BCUT2D eigenvalue weighted by Gasteiger charge is -2.06. The Morgan fingerprint density at radius 2 is 1.93 bits per heavy atom. The van der Waals surface area contributed by atoms with Gasteiger partial charge in [-0.15, -0.1) is 10.2 Å². The van der Waals surface area contributed by atoms with Crippen molar-refractivity contribution in [2.24, 2.45) is 0 Å². The molecule has 2 rings (SSSR count). The highest BCUT2D eigenvalue weighted by Gasteiger charge is 2.07. The second-order valence-corrected chi connectivity index (χ2v) is 3.31. The van der Waals surface area contributed by atoms with E-state index in [1.807, 2.05) is 41.8 Å². The molecule has 1 aromatic carbocycles. The number of hydrogen-bond acceptors (Lipinski definition) is 3. The van der Waals surface area contributed by atoms with E-state index >= 15 is 0 Å². The summed E-state index contributed by atoms with van der Waals surface area (Å²) in [6.07, 6.45) is 0. The zero-order valence-electron chi connectivity index (χ0n) is 7.88. The van der Waals surface area contributed by atoms with Gasteiger partial charge in [0, 0.05) is 5.69 Å². The Balaban J connectivity index is 2.55. The third-order valence-corrected chi connectivity index (χ3v) is 2.33. The smallest absolute Gasteiger partial charge is 0.147 e. The summed E-state index contributed by atoms with van der Waals surface area (Å²) in [5, 5.41) is 8.08. The van der Waals surface area contributed by atoms with E-state index in [1.165, 1.54) is 0 Å². The number of aromatic nitrogens is 3. The van der Waals surface area contributed by atoms with Crippen molar-refractivity contribution in [3.63, 3.8) is 0 Å². The van der Waals surface area contributed by atoms with Crippen LogP contribution in [0.4, 0.5) is 0 Å². The number of hydrogen-bond donors (Lipinski definition) is 1. The highest BCUT2D eigenvalue weighted by molar-refractivity contribution is 7.79. The van der Waals surface area contributed by atoms with E-state index in [1.54, 1.807) is 0 Å². The molecule has 0 atom stereocenters. The molecule has 0 amide bonds. The van der Waals surface area contributed by atoms with Crippen LogP contribution in [0.3, 0.4) is 0 Å². The molecule has 0 radical (unpaired) electrons. The quantitative estimate of drug-likeness (QED) is 0.760. The summed E-state index contributed by atoms with van der Waals surface area (Å²) in [6.45, 7) is 1.94. The summed E-state index contributed by atoms with van der Waals surface area (Å²) >= 11 is 4.22. The fraction of sp³-hybridized carbons (Fsp3) is 0.200. The Kier molecular flexibility index (Phi) is 2.54. The van der Waals surface area contributed by atoms with Crippen LogP contribution in [0.2, 0.25) is 0 Å². The lowest BCUT2D eigenvalue weighted by Crippen LogP contribution is -2.00. The summed E-state index contributed by atoms with van der Waals surface area (Å²) < 4.78 is 2.01. The van der Waals surface area contributed by atoms with Crippen LogP contribution in [-0.2, 0) is 5.75 Å². The SMILES string of the molecule is Cc1nnc(CS)n1-c1ccccc1. The molecule has 4 heteroatoms. The van der Waals surface area contributed by atoms with Crippen LogP contribution in [0.25, 0.3) is 5.69 Å². The topological polar surface area (TPSA) is 30.7 Å². The lowest BCUT2D eigenvalue weighted by atomic mass is 10.3. The molecule has 0 fully saturated rings. The molecule has 1 aromatic heterocycles. The summed E-state index contributed by atoms with van der Waals surface area (Å²) in [4.78, 5) is 0. The molecule has 0 aliphatic heterocycles. The normalized spacial score (nSPS) is 10.4. The van der Waals surface area contributed by atoms with Gasteiger partial charge in [-0.25, -0.2) is 0 Å². The molecule has 2 aromatic rings. The van der Waals surface area contributed by atoms with Crippen LogP contribution in [0.5, 0.6) is 0 Å². The molecule has 0 N–H and O–H groups in total. The van der Waals surface area contributed by atoms with Gasteiger partial charge >= 0.3 is 0 Å². The maximum absolute atomic E-state index is 4.22. The van der Waals surface area contributed by atoms with Gasteiger partial charge < -0.3 is 0 Å². The first-order valence-electron chi connectivity index (χ1n) is 4.40. The minimum Gasteiger partial charge on any atom is -0.283 e. The molecule has 0 aliphatic carbocycles. The largest absolute Gasteiger partial charge is 0.283 e. The van der Waals surface area contributed by atoms with Crippen molar-refractivity contribution >= 4 is 12.6 Å². The number of thiol groups is 1. The number of para-hydroxylation sites is 1. The second kappa shape index (κ2) is 3.84. The molecular weight excluding hydrogens is 194 g/mol. The Morgan fingerprint density at radius 1 is 1.21 bits per heavy atom. The van der Waals surface area contributed by atoms with E-state index in [4.69, 9.17) is 0 Å². The summed E-state index contributed by atoms with van der Waals surface area (Å²) in [7, 11) is 0. The van der Waals surface area contributed by atoms with Gasteiger partial charge in [-0.1, -0.05) is 18.2 Å². The predicted octanol–water partition coefficient (Wildman–Crippen LogP) is 2.01. The molecule has 0 saturated carbocycles. The Bertz CT molecular complexity index is 422. The predicted molar refractivity (Wildman–Crippen MR) is 58.8 cm³/mol. The highest BCUT2D eigenvalue weighted by atomic mass is 32.1. The zero-order chi connectivity index (χ0) is 9.97. The summed E-state index contributed by atoms with van der Waals surface area (Å²) in [6, 6.07) is 10.0. The van der Waals surface area contributed by atoms with Crippen LogP contribution in [0.1, 0.15) is 11.6 Å². The average molecular weight is 205 g/mol. The number of rotatable bonds is 2. The van der Waals surface area contributed by atoms with E-state index in [2.05, 4.69) is 22.8 Å². The van der Waals surface area contributed by atoms with Crippen LogP contribution < -0.4 is 0 Å². The third kappa shape index (κ3) is 1.53. The first kappa shape index (κ1) is 9.27. The molecule has 0 bridgehead atoms. The standard InChI is InChI=1S/C10H11N3S/c1-8-11-12-10(7-14)13(8)9-5-3-2-4-6-9/h2-6,14H,7H2,1H3. The van der Waals surface area contributed by atoms with Crippen LogP contribution >= 0.6 is 12.6 Å². The second-order valence-electron chi connectivity index (χ2n) is 2.99. The van der Waals surface area contributed by atoms with Crippen molar-refractivity contribution in [2.75, 3.05) is 0 Å². The Hall–Kier alpha value is -1.29. The molecular formula is C10H11N3S. The van der Waals surface area contributed by atoms with Gasteiger partial charge in [0.05, 0.1) is 5.75 Å². The van der Waals surface area contributed by atoms with Gasteiger partial charge in [0.1, 0.15) is 11.6 Å². The van der Waals surface area contributed by atoms with Gasteiger partial charge in [-0.05, 0) is 19.1 Å². The third-order valence-electron chi connectivity index (χ3n) is 2.05. The first-order chi connectivity index (χ1) is 6.83. The van der Waals surface area contributed by atoms with Gasteiger partial charge in [0.2, 0.25) is 0 Å². The molecule has 0 unspecified atom stereocenters. The molecule has 0 spiro atoms. The van der Waals surface area contributed by atoms with Gasteiger partial charge in [-0.2, -0.15) is 12.6 Å². The minimum absolute atomic E-state index is 0.593. The van der Waals surface area contributed by atoms with Crippen LogP contribution in [0, 0.1) is 6.92 Å². The fourth-order valence-electron chi connectivity index (χ4n) is 1.42. The number of benzene rings is 1. The van der Waals surface area contributed by atoms with E-state index in [0.717, 1.165) is 17.3 Å². The average Bonchev–Trinajstić information content (AvgIpc) is 2.61. The maximum atomic E-state index is 4.22. The number of aryl methyl sites for hydroxylation is 1. The van der Waals surface area contributed by atoms with Crippen molar-refractivity contribution in [1.29, 1.82) is 0 Å². The maximum Gasteiger partial charge on any atom is 0.147 e. The van der Waals surface area contributed by atoms with E-state index < -0.39 is 0 Å². The molecule has 0 aliphatic rings. The van der Waals surface area contributed by atoms with Crippen LogP contribution in [0.15, 0.2) is 30.3 Å². The number of nitrogens with zero attached hydrogens (tertiary/aromatic N) is 3. The summed E-state index contributed by atoms with van der Waals surface area (Å²) in [5.74, 6) is 2.35. The van der Waals surface area contributed by atoms with E-state index in [9.17, 15) is 0 Å². The zero-order valence-corrected chi connectivity index (χ0v) is 8.78. The van der Waals surface area contributed by atoms with Crippen molar-refractivity contribution < 1.29 is 0 Å². The van der Waals surface area contributed by atoms with Crippen molar-refractivity contribution in [1.82, 2.24) is 14.8 Å². The van der Waals surface area contributed by atoms with Gasteiger partial charge in [0.25, 0.3) is 0 Å². The van der Waals surface area contributed by atoms with Crippen LogP contribution in [-0.4, -0.2) is 14.8 Å². The van der Waals surface area contributed by atoms with E-state index in [0.29, 0.717) is 5.75 Å². The van der Waals surface area contributed by atoms with E-state index in [-0.39, 0.29) is 0 Å². The monoisotopic (exact) mass is 205 g/mol. The highest BCUT2D eigenvalue weighted by Crippen LogP contribution is 2.13. The summed E-state index contributed by atoms with van der Waals surface area (Å²) in [5.41, 5.74) is 1.08. The van der Waals surface area contributed by atoms with Gasteiger partial charge in [0.15, 0.2) is 0 Å². The molecule has 72 valence electrons.